The summed E-state index contributed by atoms with van der Waals surface area (Å²) in [5.74, 6) is 0.181. The van der Waals surface area contributed by atoms with Crippen molar-refractivity contribution in [1.82, 2.24) is 15.2 Å². The molecule has 2 aromatic rings. The number of carbonyl (C=O) groups excluding carboxylic acids is 1. The van der Waals surface area contributed by atoms with E-state index in [1.54, 1.807) is 6.92 Å². The van der Waals surface area contributed by atoms with E-state index >= 15 is 0 Å². The van der Waals surface area contributed by atoms with Gasteiger partial charge in [0.15, 0.2) is 0 Å². The lowest BCUT2D eigenvalue weighted by atomic mass is 9.94. The highest BCUT2D eigenvalue weighted by molar-refractivity contribution is 6.31. The van der Waals surface area contributed by atoms with Gasteiger partial charge in [-0.25, -0.2) is 4.79 Å². The summed E-state index contributed by atoms with van der Waals surface area (Å²) in [5.41, 5.74) is 2.20. The van der Waals surface area contributed by atoms with Crippen LogP contribution in [0.5, 0.6) is 0 Å². The van der Waals surface area contributed by atoms with Crippen LogP contribution in [0.25, 0.3) is 10.9 Å². The highest BCUT2D eigenvalue weighted by Crippen LogP contribution is 2.23. The van der Waals surface area contributed by atoms with Crippen molar-refractivity contribution in [2.75, 3.05) is 19.6 Å². The smallest absolute Gasteiger partial charge is 0.317 e. The van der Waals surface area contributed by atoms with Crippen LogP contribution in [0.2, 0.25) is 5.02 Å². The van der Waals surface area contributed by atoms with Gasteiger partial charge >= 0.3 is 6.03 Å². The number of urea groups is 1. The van der Waals surface area contributed by atoms with Gasteiger partial charge in [-0.2, -0.15) is 0 Å². The third-order valence-corrected chi connectivity index (χ3v) is 5.06. The standard InChI is InChI=1S/C18H24ClN3O2/c1-12(23)14-3-2-8-22(11-14)18(24)20-7-6-13-10-21-17-5-4-15(19)9-16(13)17/h4-5,9-10,12,14,21,23H,2-3,6-8,11H2,1H3,(H,20,24). The van der Waals surface area contributed by atoms with Crippen LogP contribution < -0.4 is 5.32 Å². The Morgan fingerprint density at radius 2 is 2.38 bits per heavy atom. The number of aromatic nitrogens is 1. The van der Waals surface area contributed by atoms with E-state index in [-0.39, 0.29) is 18.1 Å². The number of amides is 2. The fraction of sp³-hybridized carbons (Fsp3) is 0.500. The number of aliphatic hydroxyl groups excluding tert-OH is 1. The molecule has 0 spiro atoms. The predicted molar refractivity (Wildman–Crippen MR) is 96.4 cm³/mol. The van der Waals surface area contributed by atoms with Crippen molar-refractivity contribution in [3.05, 3.63) is 35.0 Å². The molecule has 6 heteroatoms. The topological polar surface area (TPSA) is 68.4 Å². The summed E-state index contributed by atoms with van der Waals surface area (Å²) < 4.78 is 0. The van der Waals surface area contributed by atoms with Gasteiger partial charge in [-0.05, 0) is 49.9 Å². The van der Waals surface area contributed by atoms with Gasteiger partial charge < -0.3 is 20.3 Å². The molecular weight excluding hydrogens is 326 g/mol. The molecule has 5 nitrogen and oxygen atoms in total. The van der Waals surface area contributed by atoms with Gasteiger partial charge in [0.25, 0.3) is 0 Å². The number of hydrogen-bond acceptors (Lipinski definition) is 2. The summed E-state index contributed by atoms with van der Waals surface area (Å²) in [6, 6.07) is 5.73. The minimum Gasteiger partial charge on any atom is -0.393 e. The minimum absolute atomic E-state index is 0.0433. The molecule has 2 heterocycles. The van der Waals surface area contributed by atoms with Gasteiger partial charge in [0.2, 0.25) is 0 Å². The first-order chi connectivity index (χ1) is 11.5. The van der Waals surface area contributed by atoms with E-state index in [0.29, 0.717) is 18.1 Å². The first-order valence-electron chi connectivity index (χ1n) is 8.51. The van der Waals surface area contributed by atoms with Crippen LogP contribution in [-0.2, 0) is 6.42 Å². The van der Waals surface area contributed by atoms with Gasteiger partial charge in [-0.1, -0.05) is 11.6 Å². The highest BCUT2D eigenvalue weighted by atomic mass is 35.5. The Labute approximate surface area is 147 Å². The molecule has 0 radical (unpaired) electrons. The first kappa shape index (κ1) is 17.1. The molecule has 0 aliphatic carbocycles. The van der Waals surface area contributed by atoms with Crippen LogP contribution in [0, 0.1) is 5.92 Å². The molecule has 2 atom stereocenters. The summed E-state index contributed by atoms with van der Waals surface area (Å²) in [6.45, 7) is 3.77. The predicted octanol–water partition coefficient (Wildman–Crippen LogP) is 3.17. The third-order valence-electron chi connectivity index (χ3n) is 4.83. The average molecular weight is 350 g/mol. The molecule has 0 bridgehead atoms. The molecule has 1 fully saturated rings. The molecule has 3 N–H and O–H groups in total. The maximum atomic E-state index is 12.3. The van der Waals surface area contributed by atoms with Crippen molar-refractivity contribution in [2.24, 2.45) is 5.92 Å². The number of halogens is 1. The maximum absolute atomic E-state index is 12.3. The summed E-state index contributed by atoms with van der Waals surface area (Å²) in [6.07, 6.45) is 4.29. The number of aromatic amines is 1. The molecule has 1 aliphatic rings. The second-order valence-electron chi connectivity index (χ2n) is 6.57. The lowest BCUT2D eigenvalue weighted by Gasteiger charge is -2.34. The quantitative estimate of drug-likeness (QED) is 0.793. The van der Waals surface area contributed by atoms with E-state index in [2.05, 4.69) is 10.3 Å². The number of piperidine rings is 1. The minimum atomic E-state index is -0.364. The fourth-order valence-corrected chi connectivity index (χ4v) is 3.53. The van der Waals surface area contributed by atoms with Gasteiger partial charge in [-0.3, -0.25) is 0 Å². The van der Waals surface area contributed by atoms with E-state index in [4.69, 9.17) is 11.6 Å². The van der Waals surface area contributed by atoms with Crippen molar-refractivity contribution >= 4 is 28.5 Å². The molecule has 24 heavy (non-hydrogen) atoms. The van der Waals surface area contributed by atoms with Crippen LogP contribution in [0.4, 0.5) is 4.79 Å². The average Bonchev–Trinajstić information content (AvgIpc) is 2.97. The van der Waals surface area contributed by atoms with Crippen LogP contribution >= 0.6 is 11.6 Å². The Kier molecular flexibility index (Phi) is 5.31. The number of likely N-dealkylation sites (tertiary alicyclic amines) is 1. The molecule has 3 rings (SSSR count). The van der Waals surface area contributed by atoms with Crippen LogP contribution in [-0.4, -0.2) is 46.8 Å². The van der Waals surface area contributed by atoms with Crippen LogP contribution in [0.3, 0.4) is 0 Å². The number of H-pyrrole nitrogens is 1. The summed E-state index contributed by atoms with van der Waals surface area (Å²) in [4.78, 5) is 17.4. The van der Waals surface area contributed by atoms with Crippen molar-refractivity contribution in [1.29, 1.82) is 0 Å². The van der Waals surface area contributed by atoms with Gasteiger partial charge in [0, 0.05) is 47.7 Å². The Bertz CT molecular complexity index is 713. The summed E-state index contributed by atoms with van der Waals surface area (Å²) in [7, 11) is 0. The zero-order chi connectivity index (χ0) is 17.1. The second kappa shape index (κ2) is 7.45. The number of benzene rings is 1. The van der Waals surface area contributed by atoms with E-state index in [1.165, 1.54) is 0 Å². The lowest BCUT2D eigenvalue weighted by Crippen LogP contribution is -2.47. The Morgan fingerprint density at radius 1 is 1.54 bits per heavy atom. The summed E-state index contributed by atoms with van der Waals surface area (Å²) >= 11 is 6.06. The fourth-order valence-electron chi connectivity index (χ4n) is 3.36. The van der Waals surface area contributed by atoms with Crippen molar-refractivity contribution in [3.63, 3.8) is 0 Å². The van der Waals surface area contributed by atoms with Crippen LogP contribution in [0.1, 0.15) is 25.3 Å². The van der Waals surface area contributed by atoms with E-state index in [1.807, 2.05) is 29.3 Å². The van der Waals surface area contributed by atoms with Gasteiger partial charge in [0.1, 0.15) is 0 Å². The summed E-state index contributed by atoms with van der Waals surface area (Å²) in [5, 5.41) is 14.5. The second-order valence-corrected chi connectivity index (χ2v) is 7.01. The SMILES string of the molecule is CC(O)C1CCCN(C(=O)NCCc2c[nH]c3ccc(Cl)cc23)C1. The monoisotopic (exact) mass is 349 g/mol. The largest absolute Gasteiger partial charge is 0.393 e. The number of nitrogens with one attached hydrogen (secondary N) is 2. The van der Waals surface area contributed by atoms with Gasteiger partial charge in [-0.15, -0.1) is 0 Å². The maximum Gasteiger partial charge on any atom is 0.317 e. The first-order valence-corrected chi connectivity index (χ1v) is 8.89. The molecule has 1 aromatic heterocycles. The van der Waals surface area contributed by atoms with E-state index in [9.17, 15) is 9.90 Å². The Morgan fingerprint density at radius 3 is 3.17 bits per heavy atom. The third kappa shape index (κ3) is 3.84. The number of hydrogen-bond donors (Lipinski definition) is 3. The normalized spacial score (nSPS) is 19.5. The zero-order valence-corrected chi connectivity index (χ0v) is 14.6. The van der Waals surface area contributed by atoms with Crippen molar-refractivity contribution < 1.29 is 9.90 Å². The lowest BCUT2D eigenvalue weighted by molar-refractivity contribution is 0.0740. The number of nitrogens with zero attached hydrogens (tertiary/aromatic N) is 1. The molecule has 1 saturated heterocycles. The molecule has 130 valence electrons. The molecule has 0 saturated carbocycles. The molecular formula is C18H24ClN3O2. The van der Waals surface area contributed by atoms with Crippen molar-refractivity contribution in [2.45, 2.75) is 32.3 Å². The number of aliphatic hydroxyl groups is 1. The molecule has 1 aliphatic heterocycles. The van der Waals surface area contributed by atoms with E-state index < -0.39 is 0 Å². The molecule has 2 amide bonds. The molecule has 1 aromatic carbocycles. The van der Waals surface area contributed by atoms with E-state index in [0.717, 1.165) is 42.3 Å². The number of carbonyl (C=O) groups is 1. The molecule has 2 unspecified atom stereocenters. The Hall–Kier alpha value is -1.72. The zero-order valence-electron chi connectivity index (χ0n) is 13.9. The van der Waals surface area contributed by atoms with Crippen molar-refractivity contribution in [3.8, 4) is 0 Å². The highest BCUT2D eigenvalue weighted by Gasteiger charge is 2.26. The van der Waals surface area contributed by atoms with Crippen LogP contribution in [0.15, 0.2) is 24.4 Å². The Balaban J connectivity index is 1.54. The number of fused-ring (bicyclic) bond motifs is 1. The number of rotatable bonds is 4. The van der Waals surface area contributed by atoms with Gasteiger partial charge in [0.05, 0.1) is 6.10 Å².